The van der Waals surface area contributed by atoms with Crippen LogP contribution in [-0.4, -0.2) is 14.8 Å². The summed E-state index contributed by atoms with van der Waals surface area (Å²) in [7, 11) is -4.61. The second-order valence-electron chi connectivity index (χ2n) is 0.922. The highest BCUT2D eigenvalue weighted by atomic mass is 35.5. The van der Waals surface area contributed by atoms with Crippen LogP contribution in [0.25, 0.3) is 0 Å². The Morgan fingerprint density at radius 3 is 2.00 bits per heavy atom. The maximum Gasteiger partial charge on any atom is 0.496 e. The first-order valence-electron chi connectivity index (χ1n) is 1.60. The van der Waals surface area contributed by atoms with Crippen LogP contribution in [0.3, 0.4) is 0 Å². The third-order valence-corrected chi connectivity index (χ3v) is 0.639. The van der Waals surface area contributed by atoms with Gasteiger partial charge in [-0.15, -0.1) is 4.67 Å². The average molecular weight is 197 g/mol. The van der Waals surface area contributed by atoms with Crippen molar-refractivity contribution in [2.24, 2.45) is 0 Å². The lowest BCUT2D eigenvalue weighted by atomic mass is 11.7. The molecule has 0 amide bonds. The highest BCUT2D eigenvalue weighted by Gasteiger charge is 2.16. The van der Waals surface area contributed by atoms with Gasteiger partial charge in [-0.3, -0.25) is 0 Å². The third-order valence-electron chi connectivity index (χ3n) is 0.213. The molecule has 0 bridgehead atoms. The summed E-state index contributed by atoms with van der Waals surface area (Å²) in [6.45, 7) is 0. The largest absolute Gasteiger partial charge is 0.496 e. The van der Waals surface area contributed by atoms with E-state index in [1.807, 2.05) is 0 Å². The van der Waals surface area contributed by atoms with Gasteiger partial charge < -0.3 is 9.79 Å². The van der Waals surface area contributed by atoms with Gasteiger partial charge in [0.05, 0.1) is 0 Å². The molecule has 0 aromatic carbocycles. The van der Waals surface area contributed by atoms with Gasteiger partial charge in [0.15, 0.2) is 0 Å². The molecule has 0 unspecified atom stereocenters. The maximum absolute atomic E-state index is 9.77. The van der Waals surface area contributed by atoms with Gasteiger partial charge in [-0.05, 0) is 0 Å². The predicted octanol–water partition coefficient (Wildman–Crippen LogP) is 0.788. The van der Waals surface area contributed by atoms with Gasteiger partial charge in [0.1, 0.15) is 0 Å². The summed E-state index contributed by atoms with van der Waals surface area (Å²) in [4.78, 5) is 19.5. The summed E-state index contributed by atoms with van der Waals surface area (Å²) in [6.07, 6.45) is 0. The SMILES string of the molecule is O=P(O)(O)OOC(Cl)Cl. The quantitative estimate of drug-likeness (QED) is 0.302. The molecule has 0 aliphatic rings. The molecule has 9 heavy (non-hydrogen) atoms. The van der Waals surface area contributed by atoms with E-state index in [4.69, 9.17) is 33.0 Å². The Bertz CT molecular complexity index is 118. The van der Waals surface area contributed by atoms with E-state index >= 15 is 0 Å². The molecule has 0 radical (unpaired) electrons. The zero-order chi connectivity index (χ0) is 7.49. The second-order valence-corrected chi connectivity index (χ2v) is 3.07. The maximum atomic E-state index is 9.77. The molecule has 0 fully saturated rings. The monoisotopic (exact) mass is 196 g/mol. The number of hydrogen-bond donors (Lipinski definition) is 2. The summed E-state index contributed by atoms with van der Waals surface area (Å²) in [5, 5.41) is -1.40. The van der Waals surface area contributed by atoms with Crippen LogP contribution in [0.2, 0.25) is 0 Å². The standard InChI is InChI=1S/CH3Cl2O5P/c2-1(3)7-8-9(4,5)6/h1H,(H2,4,5,6). The fraction of sp³-hybridized carbons (Fsp3) is 1.00. The number of phosphoric acid groups is 1. The lowest BCUT2D eigenvalue weighted by Gasteiger charge is -2.02. The van der Waals surface area contributed by atoms with Crippen molar-refractivity contribution >= 4 is 31.0 Å². The zero-order valence-corrected chi connectivity index (χ0v) is 6.31. The van der Waals surface area contributed by atoms with Crippen LogP contribution >= 0.6 is 31.0 Å². The predicted molar refractivity (Wildman–Crippen MR) is 29.7 cm³/mol. The topological polar surface area (TPSA) is 76.0 Å². The van der Waals surface area contributed by atoms with E-state index in [0.717, 1.165) is 0 Å². The summed E-state index contributed by atoms with van der Waals surface area (Å²) in [5.41, 5.74) is 0. The molecule has 56 valence electrons. The molecule has 5 nitrogen and oxygen atoms in total. The molecule has 0 rings (SSSR count). The molecule has 2 N–H and O–H groups in total. The van der Waals surface area contributed by atoms with Gasteiger partial charge in [0.2, 0.25) is 5.02 Å². The summed E-state index contributed by atoms with van der Waals surface area (Å²) in [5.74, 6) is 0. The van der Waals surface area contributed by atoms with Crippen molar-refractivity contribution in [3.8, 4) is 0 Å². The van der Waals surface area contributed by atoms with Gasteiger partial charge in [0, 0.05) is 0 Å². The summed E-state index contributed by atoms with van der Waals surface area (Å²) in [6, 6.07) is 0. The minimum atomic E-state index is -4.61. The number of alkyl halides is 2. The Morgan fingerprint density at radius 2 is 1.89 bits per heavy atom. The lowest BCUT2D eigenvalue weighted by molar-refractivity contribution is -0.216. The smallest absolute Gasteiger partial charge is 0.301 e. The van der Waals surface area contributed by atoms with E-state index in [1.165, 1.54) is 0 Å². The normalized spacial score (nSPS) is 12.6. The minimum Gasteiger partial charge on any atom is -0.301 e. The van der Waals surface area contributed by atoms with Crippen LogP contribution in [0.15, 0.2) is 0 Å². The van der Waals surface area contributed by atoms with E-state index in [-0.39, 0.29) is 0 Å². The summed E-state index contributed by atoms with van der Waals surface area (Å²) < 4.78 is 13.2. The van der Waals surface area contributed by atoms with Crippen LogP contribution in [-0.2, 0) is 14.1 Å². The highest BCUT2D eigenvalue weighted by molar-refractivity contribution is 7.46. The average Bonchev–Trinajstić information content (AvgIpc) is 1.59. The van der Waals surface area contributed by atoms with Crippen molar-refractivity contribution in [2.45, 2.75) is 5.02 Å². The van der Waals surface area contributed by atoms with E-state index in [9.17, 15) is 4.57 Å². The van der Waals surface area contributed by atoms with Gasteiger partial charge in [-0.25, -0.2) is 4.57 Å². The second kappa shape index (κ2) is 3.73. The van der Waals surface area contributed by atoms with Crippen LogP contribution in [0.1, 0.15) is 0 Å². The van der Waals surface area contributed by atoms with Gasteiger partial charge >= 0.3 is 7.82 Å². The Hall–Kier alpha value is 0.650. The summed E-state index contributed by atoms with van der Waals surface area (Å²) >= 11 is 9.72. The number of rotatable bonds is 3. The van der Waals surface area contributed by atoms with Crippen molar-refractivity contribution in [2.75, 3.05) is 0 Å². The number of halogens is 2. The van der Waals surface area contributed by atoms with Crippen molar-refractivity contribution in [3.05, 3.63) is 0 Å². The Kier molecular flexibility index (Phi) is 4.00. The van der Waals surface area contributed by atoms with E-state index in [2.05, 4.69) is 9.56 Å². The van der Waals surface area contributed by atoms with Gasteiger partial charge in [-0.2, -0.15) is 4.89 Å². The van der Waals surface area contributed by atoms with Crippen LogP contribution in [0, 0.1) is 0 Å². The zero-order valence-electron chi connectivity index (χ0n) is 3.90. The Morgan fingerprint density at radius 1 is 1.44 bits per heavy atom. The van der Waals surface area contributed by atoms with Crippen LogP contribution in [0.4, 0.5) is 0 Å². The first-order chi connectivity index (χ1) is 3.92. The molecule has 0 aliphatic carbocycles. The molecule has 0 atom stereocenters. The fourth-order valence-corrected chi connectivity index (χ4v) is 0.461. The molecule has 8 heteroatoms. The molecule has 0 saturated carbocycles. The van der Waals surface area contributed by atoms with Crippen LogP contribution in [0.5, 0.6) is 0 Å². The van der Waals surface area contributed by atoms with Crippen molar-refractivity contribution in [1.29, 1.82) is 0 Å². The van der Waals surface area contributed by atoms with Gasteiger partial charge in [-0.1, -0.05) is 23.2 Å². The number of hydrogen-bond acceptors (Lipinski definition) is 3. The molecule has 0 aromatic heterocycles. The third kappa shape index (κ3) is 8.65. The highest BCUT2D eigenvalue weighted by Crippen LogP contribution is 2.36. The lowest BCUT2D eigenvalue weighted by Crippen LogP contribution is -1.95. The molecule has 0 heterocycles. The molecule has 0 aliphatic heterocycles. The molecule has 0 aromatic rings. The van der Waals surface area contributed by atoms with Crippen LogP contribution < -0.4 is 0 Å². The van der Waals surface area contributed by atoms with E-state index in [0.29, 0.717) is 0 Å². The Labute approximate surface area is 60.6 Å². The van der Waals surface area contributed by atoms with Crippen molar-refractivity contribution < 1.29 is 23.9 Å². The molecule has 0 spiro atoms. The Balaban J connectivity index is 3.40. The first kappa shape index (κ1) is 9.65. The molecular formula is CH3Cl2O5P. The fourth-order valence-electron chi connectivity index (χ4n) is 0.0886. The van der Waals surface area contributed by atoms with Gasteiger partial charge in [0.25, 0.3) is 0 Å². The first-order valence-corrected chi connectivity index (χ1v) is 4.01. The molecular weight excluding hydrogens is 194 g/mol. The van der Waals surface area contributed by atoms with Crippen molar-refractivity contribution in [1.82, 2.24) is 0 Å². The minimum absolute atomic E-state index is 1.40. The van der Waals surface area contributed by atoms with Crippen molar-refractivity contribution in [3.63, 3.8) is 0 Å². The van der Waals surface area contributed by atoms with E-state index < -0.39 is 12.8 Å². The molecule has 0 saturated heterocycles. The van der Waals surface area contributed by atoms with E-state index in [1.54, 1.807) is 0 Å².